The highest BCUT2D eigenvalue weighted by Crippen LogP contribution is 2.23. The Hall–Kier alpha value is -3.93. The number of halogens is 1. The van der Waals surface area contributed by atoms with Gasteiger partial charge in [0.25, 0.3) is 0 Å². The van der Waals surface area contributed by atoms with Gasteiger partial charge in [0.15, 0.2) is 0 Å². The first kappa shape index (κ1) is 19.4. The topological polar surface area (TPSA) is 77.1 Å². The normalized spacial score (nSPS) is 10.8. The van der Waals surface area contributed by atoms with Crippen molar-refractivity contribution in [1.29, 1.82) is 0 Å². The van der Waals surface area contributed by atoms with Crippen molar-refractivity contribution in [3.63, 3.8) is 0 Å². The molecule has 0 aliphatic rings. The van der Waals surface area contributed by atoms with Crippen LogP contribution in [0.4, 0.5) is 10.1 Å². The molecule has 4 rings (SSSR count). The van der Waals surface area contributed by atoms with E-state index in [2.05, 4.69) is 9.88 Å². The van der Waals surface area contributed by atoms with Gasteiger partial charge in [-0.25, -0.2) is 4.39 Å². The van der Waals surface area contributed by atoms with Crippen molar-refractivity contribution in [2.24, 2.45) is 5.73 Å². The quantitative estimate of drug-likeness (QED) is 0.510. The lowest BCUT2D eigenvalue weighted by molar-refractivity contribution is -0.115. The fraction of sp³-hybridized carbons (Fsp3) is 0.0833. The molecule has 4 aromatic rings. The fourth-order valence-electron chi connectivity index (χ4n) is 3.48. The molecular formula is C24H20FN3O2. The van der Waals surface area contributed by atoms with Crippen LogP contribution in [0, 0.1) is 5.82 Å². The van der Waals surface area contributed by atoms with Gasteiger partial charge in [-0.3, -0.25) is 9.59 Å². The third kappa shape index (κ3) is 4.22. The second-order valence-electron chi connectivity index (χ2n) is 7.09. The number of nitrogens with zero attached hydrogens (tertiary/aromatic N) is 1. The second-order valence-corrected chi connectivity index (χ2v) is 7.09. The molecule has 1 heterocycles. The van der Waals surface area contributed by atoms with Gasteiger partial charge in [0.1, 0.15) is 5.82 Å². The van der Waals surface area contributed by atoms with Crippen LogP contribution in [0.15, 0.2) is 79.0 Å². The van der Waals surface area contributed by atoms with Crippen LogP contribution in [0.1, 0.15) is 21.5 Å². The Labute approximate surface area is 172 Å². The predicted molar refractivity (Wildman–Crippen MR) is 115 cm³/mol. The van der Waals surface area contributed by atoms with Gasteiger partial charge in [-0.15, -0.1) is 0 Å². The Morgan fingerprint density at radius 1 is 0.933 bits per heavy atom. The smallest absolute Gasteiger partial charge is 0.248 e. The van der Waals surface area contributed by atoms with E-state index in [1.165, 1.54) is 12.1 Å². The SMILES string of the molecule is NC(=O)c1ccc(NC(=O)Cc2cn(Cc3ccc(F)cc3)c3ccccc23)cc1. The number of aromatic nitrogens is 1. The average Bonchev–Trinajstić information content (AvgIpc) is 3.07. The van der Waals surface area contributed by atoms with E-state index >= 15 is 0 Å². The molecule has 30 heavy (non-hydrogen) atoms. The summed E-state index contributed by atoms with van der Waals surface area (Å²) in [7, 11) is 0. The predicted octanol–water partition coefficient (Wildman–Crippen LogP) is 4.11. The van der Waals surface area contributed by atoms with Crippen LogP contribution >= 0.6 is 0 Å². The van der Waals surface area contributed by atoms with Crippen LogP contribution < -0.4 is 11.1 Å². The second kappa shape index (κ2) is 8.21. The van der Waals surface area contributed by atoms with E-state index in [-0.39, 0.29) is 18.1 Å². The number of rotatable bonds is 6. The minimum absolute atomic E-state index is 0.161. The van der Waals surface area contributed by atoms with Crippen molar-refractivity contribution < 1.29 is 14.0 Å². The van der Waals surface area contributed by atoms with Gasteiger partial charge in [0, 0.05) is 34.9 Å². The minimum atomic E-state index is -0.512. The zero-order valence-electron chi connectivity index (χ0n) is 16.1. The lowest BCUT2D eigenvalue weighted by Crippen LogP contribution is -2.15. The van der Waals surface area contributed by atoms with E-state index in [0.717, 1.165) is 22.0 Å². The first-order chi connectivity index (χ1) is 14.5. The molecule has 0 radical (unpaired) electrons. The zero-order chi connectivity index (χ0) is 21.1. The van der Waals surface area contributed by atoms with E-state index in [9.17, 15) is 14.0 Å². The number of carbonyl (C=O) groups is 2. The number of nitrogens with two attached hydrogens (primary N) is 1. The standard InChI is InChI=1S/C24H20FN3O2/c25-19-9-5-16(6-10-19)14-28-15-18(21-3-1-2-4-22(21)28)13-23(29)27-20-11-7-17(8-12-20)24(26)30/h1-12,15H,13-14H2,(H2,26,30)(H,27,29). The van der Waals surface area contributed by atoms with E-state index in [0.29, 0.717) is 17.8 Å². The molecule has 3 aromatic carbocycles. The molecule has 0 atom stereocenters. The Balaban J connectivity index is 1.54. The van der Waals surface area contributed by atoms with Crippen LogP contribution in [0.2, 0.25) is 0 Å². The largest absolute Gasteiger partial charge is 0.366 e. The van der Waals surface area contributed by atoms with Gasteiger partial charge in [-0.05, 0) is 53.6 Å². The fourth-order valence-corrected chi connectivity index (χ4v) is 3.48. The molecular weight excluding hydrogens is 381 g/mol. The third-order valence-electron chi connectivity index (χ3n) is 4.94. The highest BCUT2D eigenvalue weighted by atomic mass is 19.1. The molecule has 0 saturated heterocycles. The number of hydrogen-bond acceptors (Lipinski definition) is 2. The van der Waals surface area contributed by atoms with Gasteiger partial charge in [0.05, 0.1) is 6.42 Å². The van der Waals surface area contributed by atoms with Crippen LogP contribution in [0.5, 0.6) is 0 Å². The maximum atomic E-state index is 13.2. The summed E-state index contributed by atoms with van der Waals surface area (Å²) in [5.41, 5.74) is 9.11. The molecule has 0 aliphatic carbocycles. The summed E-state index contributed by atoms with van der Waals surface area (Å²) in [6.07, 6.45) is 2.16. The summed E-state index contributed by atoms with van der Waals surface area (Å²) < 4.78 is 15.3. The van der Waals surface area contributed by atoms with Crippen LogP contribution in [-0.4, -0.2) is 16.4 Å². The molecule has 0 saturated carbocycles. The highest BCUT2D eigenvalue weighted by Gasteiger charge is 2.13. The Kier molecular flexibility index (Phi) is 5.30. The number of primary amides is 1. The summed E-state index contributed by atoms with van der Waals surface area (Å²) in [6, 6.07) is 20.7. The molecule has 0 unspecified atom stereocenters. The number of hydrogen-bond donors (Lipinski definition) is 2. The highest BCUT2D eigenvalue weighted by molar-refractivity contribution is 5.97. The van der Waals surface area contributed by atoms with Gasteiger partial charge in [-0.2, -0.15) is 0 Å². The summed E-state index contributed by atoms with van der Waals surface area (Å²) in [6.45, 7) is 0.580. The lowest BCUT2D eigenvalue weighted by atomic mass is 10.1. The monoisotopic (exact) mass is 401 g/mol. The van der Waals surface area contributed by atoms with Crippen molar-refractivity contribution in [3.05, 3.63) is 102 Å². The molecule has 1 aromatic heterocycles. The summed E-state index contributed by atoms with van der Waals surface area (Å²) in [5.74, 6) is -0.939. The van der Waals surface area contributed by atoms with E-state index in [1.807, 2.05) is 30.5 Å². The Morgan fingerprint density at radius 3 is 2.33 bits per heavy atom. The maximum absolute atomic E-state index is 13.2. The summed E-state index contributed by atoms with van der Waals surface area (Å²) in [4.78, 5) is 23.8. The van der Waals surface area contributed by atoms with E-state index < -0.39 is 5.91 Å². The average molecular weight is 401 g/mol. The van der Waals surface area contributed by atoms with Gasteiger partial charge in [-0.1, -0.05) is 30.3 Å². The summed E-state index contributed by atoms with van der Waals surface area (Å²) in [5, 5.41) is 3.84. The molecule has 0 bridgehead atoms. The molecule has 3 N–H and O–H groups in total. The number of para-hydroxylation sites is 1. The van der Waals surface area contributed by atoms with Crippen molar-refractivity contribution in [1.82, 2.24) is 4.57 Å². The molecule has 150 valence electrons. The maximum Gasteiger partial charge on any atom is 0.248 e. The van der Waals surface area contributed by atoms with Gasteiger partial charge >= 0.3 is 0 Å². The first-order valence-electron chi connectivity index (χ1n) is 9.50. The molecule has 0 fully saturated rings. The Bertz CT molecular complexity index is 1210. The number of amides is 2. The van der Waals surface area contributed by atoms with E-state index in [1.54, 1.807) is 36.4 Å². The van der Waals surface area contributed by atoms with Crippen LogP contribution in [-0.2, 0) is 17.8 Å². The van der Waals surface area contributed by atoms with Crippen LogP contribution in [0.3, 0.4) is 0 Å². The van der Waals surface area contributed by atoms with Crippen molar-refractivity contribution in [2.75, 3.05) is 5.32 Å². The van der Waals surface area contributed by atoms with Crippen molar-refractivity contribution >= 4 is 28.4 Å². The third-order valence-corrected chi connectivity index (χ3v) is 4.94. The summed E-state index contributed by atoms with van der Waals surface area (Å²) >= 11 is 0. The minimum Gasteiger partial charge on any atom is -0.366 e. The number of anilines is 1. The van der Waals surface area contributed by atoms with Crippen LogP contribution in [0.25, 0.3) is 10.9 Å². The molecule has 6 heteroatoms. The van der Waals surface area contributed by atoms with Gasteiger partial charge in [0.2, 0.25) is 11.8 Å². The van der Waals surface area contributed by atoms with Crippen molar-refractivity contribution in [3.8, 4) is 0 Å². The van der Waals surface area contributed by atoms with Gasteiger partial charge < -0.3 is 15.6 Å². The number of fused-ring (bicyclic) bond motifs is 1. The molecule has 5 nitrogen and oxygen atoms in total. The van der Waals surface area contributed by atoms with Crippen molar-refractivity contribution in [2.45, 2.75) is 13.0 Å². The first-order valence-corrected chi connectivity index (χ1v) is 9.50. The zero-order valence-corrected chi connectivity index (χ0v) is 16.1. The molecule has 0 aliphatic heterocycles. The molecule has 2 amide bonds. The molecule has 0 spiro atoms. The number of nitrogens with one attached hydrogen (secondary N) is 1. The van der Waals surface area contributed by atoms with E-state index in [4.69, 9.17) is 5.73 Å². The number of carbonyl (C=O) groups excluding carboxylic acids is 2. The Morgan fingerprint density at radius 2 is 1.63 bits per heavy atom. The lowest BCUT2D eigenvalue weighted by Gasteiger charge is -2.06. The number of benzene rings is 3.